The second-order valence-electron chi connectivity index (χ2n) is 7.95. The van der Waals surface area contributed by atoms with Gasteiger partial charge in [0, 0.05) is 12.1 Å². The first kappa shape index (κ1) is 21.0. The number of epoxide rings is 1. The molecule has 154 valence electrons. The van der Waals surface area contributed by atoms with Crippen molar-refractivity contribution >= 4 is 11.8 Å². The molecule has 6 heteroatoms. The van der Waals surface area contributed by atoms with Crippen molar-refractivity contribution in [2.24, 2.45) is 0 Å². The molecule has 3 rings (SSSR count). The molecule has 1 aliphatic rings. The van der Waals surface area contributed by atoms with Crippen molar-refractivity contribution in [3.05, 3.63) is 65.5 Å². The highest BCUT2D eigenvalue weighted by molar-refractivity contribution is 5.96. The zero-order valence-corrected chi connectivity index (χ0v) is 17.5. The van der Waals surface area contributed by atoms with E-state index >= 15 is 0 Å². The number of hydrogen-bond acceptors (Lipinski definition) is 4. The minimum Gasteiger partial charge on any atom is -0.371 e. The van der Waals surface area contributed by atoms with E-state index in [1.807, 2.05) is 58.0 Å². The van der Waals surface area contributed by atoms with E-state index in [1.54, 1.807) is 23.1 Å². The average molecular weight is 396 g/mol. The third-order valence-corrected chi connectivity index (χ3v) is 4.97. The average Bonchev–Trinajstić information content (AvgIpc) is 3.53. The number of aromatic nitrogens is 1. The topological polar surface area (TPSA) is 74.8 Å². The van der Waals surface area contributed by atoms with Gasteiger partial charge in [-0.1, -0.05) is 36.4 Å². The first-order chi connectivity index (χ1) is 13.9. The SMILES string of the molecule is CC(C)N(C(=O)c1cccc(C(=O)NC(Cc2ccccc2)[C@@H]2CO2)n1)C(C)C. The summed E-state index contributed by atoms with van der Waals surface area (Å²) >= 11 is 0. The van der Waals surface area contributed by atoms with Crippen LogP contribution < -0.4 is 5.32 Å². The molecule has 1 aliphatic heterocycles. The molecule has 1 aromatic heterocycles. The predicted octanol–water partition coefficient (Wildman–Crippen LogP) is 3.08. The number of hydrogen-bond donors (Lipinski definition) is 1. The molecular weight excluding hydrogens is 366 g/mol. The molecule has 1 unspecified atom stereocenters. The Morgan fingerprint density at radius 2 is 1.66 bits per heavy atom. The van der Waals surface area contributed by atoms with Crippen LogP contribution >= 0.6 is 0 Å². The highest BCUT2D eigenvalue weighted by atomic mass is 16.6. The van der Waals surface area contributed by atoms with E-state index in [2.05, 4.69) is 10.3 Å². The summed E-state index contributed by atoms with van der Waals surface area (Å²) in [5.41, 5.74) is 1.65. The van der Waals surface area contributed by atoms with E-state index in [-0.39, 0.29) is 47.4 Å². The maximum absolute atomic E-state index is 12.9. The van der Waals surface area contributed by atoms with Crippen LogP contribution in [-0.2, 0) is 11.2 Å². The summed E-state index contributed by atoms with van der Waals surface area (Å²) in [5.74, 6) is -0.465. The molecule has 2 atom stereocenters. The fourth-order valence-corrected chi connectivity index (χ4v) is 3.55. The van der Waals surface area contributed by atoms with Crippen molar-refractivity contribution in [2.75, 3.05) is 6.61 Å². The predicted molar refractivity (Wildman–Crippen MR) is 112 cm³/mol. The van der Waals surface area contributed by atoms with Gasteiger partial charge in [0.25, 0.3) is 11.8 Å². The van der Waals surface area contributed by atoms with E-state index in [1.165, 1.54) is 0 Å². The maximum Gasteiger partial charge on any atom is 0.272 e. The summed E-state index contributed by atoms with van der Waals surface area (Å²) in [7, 11) is 0. The van der Waals surface area contributed by atoms with Crippen LogP contribution in [-0.4, -0.2) is 52.5 Å². The van der Waals surface area contributed by atoms with E-state index in [4.69, 9.17) is 4.74 Å². The van der Waals surface area contributed by atoms with Crippen molar-refractivity contribution in [3.63, 3.8) is 0 Å². The Morgan fingerprint density at radius 1 is 1.03 bits per heavy atom. The fourth-order valence-electron chi connectivity index (χ4n) is 3.55. The number of carbonyl (C=O) groups excluding carboxylic acids is 2. The van der Waals surface area contributed by atoms with Gasteiger partial charge < -0.3 is 15.0 Å². The Kier molecular flexibility index (Phi) is 6.64. The Labute approximate surface area is 172 Å². The Bertz CT molecular complexity index is 839. The lowest BCUT2D eigenvalue weighted by Gasteiger charge is -2.30. The molecule has 2 heterocycles. The summed E-state index contributed by atoms with van der Waals surface area (Å²) < 4.78 is 5.43. The normalized spacial score (nSPS) is 16.6. The van der Waals surface area contributed by atoms with Crippen LogP contribution in [0.1, 0.15) is 54.2 Å². The van der Waals surface area contributed by atoms with Gasteiger partial charge in [0.05, 0.1) is 12.6 Å². The van der Waals surface area contributed by atoms with Crippen molar-refractivity contribution in [3.8, 4) is 0 Å². The molecule has 6 nitrogen and oxygen atoms in total. The monoisotopic (exact) mass is 395 g/mol. The van der Waals surface area contributed by atoms with Crippen molar-refractivity contribution < 1.29 is 14.3 Å². The lowest BCUT2D eigenvalue weighted by atomic mass is 10.0. The third-order valence-electron chi connectivity index (χ3n) is 4.97. The van der Waals surface area contributed by atoms with Crippen LogP contribution in [0.25, 0.3) is 0 Å². The van der Waals surface area contributed by atoms with Crippen LogP contribution in [0, 0.1) is 0 Å². The van der Waals surface area contributed by atoms with Crippen LogP contribution in [0.3, 0.4) is 0 Å². The summed E-state index contributed by atoms with van der Waals surface area (Å²) in [5, 5.41) is 3.03. The van der Waals surface area contributed by atoms with Gasteiger partial charge in [0.15, 0.2) is 0 Å². The van der Waals surface area contributed by atoms with Gasteiger partial charge in [-0.3, -0.25) is 9.59 Å². The molecule has 0 saturated carbocycles. The molecule has 29 heavy (non-hydrogen) atoms. The van der Waals surface area contributed by atoms with Crippen LogP contribution in [0.2, 0.25) is 0 Å². The van der Waals surface area contributed by atoms with E-state index in [0.29, 0.717) is 13.0 Å². The van der Waals surface area contributed by atoms with Gasteiger partial charge in [-0.15, -0.1) is 0 Å². The second kappa shape index (κ2) is 9.18. The summed E-state index contributed by atoms with van der Waals surface area (Å²) in [6.07, 6.45) is 0.700. The number of nitrogens with zero attached hydrogens (tertiary/aromatic N) is 2. The molecule has 0 bridgehead atoms. The van der Waals surface area contributed by atoms with Gasteiger partial charge in [-0.05, 0) is 51.8 Å². The largest absolute Gasteiger partial charge is 0.371 e. The van der Waals surface area contributed by atoms with Crippen LogP contribution in [0.4, 0.5) is 0 Å². The Hall–Kier alpha value is -2.73. The number of carbonyl (C=O) groups is 2. The Morgan fingerprint density at radius 3 is 2.24 bits per heavy atom. The highest BCUT2D eigenvalue weighted by Gasteiger charge is 2.34. The smallest absolute Gasteiger partial charge is 0.272 e. The molecule has 0 radical (unpaired) electrons. The zero-order chi connectivity index (χ0) is 21.0. The summed E-state index contributed by atoms with van der Waals surface area (Å²) in [6, 6.07) is 14.9. The third kappa shape index (κ3) is 5.41. The van der Waals surface area contributed by atoms with Gasteiger partial charge in [0.1, 0.15) is 17.5 Å². The quantitative estimate of drug-likeness (QED) is 0.697. The van der Waals surface area contributed by atoms with E-state index in [0.717, 1.165) is 5.56 Å². The molecule has 2 amide bonds. The van der Waals surface area contributed by atoms with Gasteiger partial charge in [0.2, 0.25) is 0 Å². The molecule has 1 aromatic carbocycles. The van der Waals surface area contributed by atoms with Crippen LogP contribution in [0.5, 0.6) is 0 Å². The van der Waals surface area contributed by atoms with Crippen molar-refractivity contribution in [1.29, 1.82) is 0 Å². The standard InChI is InChI=1S/C23H29N3O3/c1-15(2)26(16(3)4)23(28)19-12-8-11-18(24-19)22(27)25-20(21-14-29-21)13-17-9-6-5-7-10-17/h5-12,15-16,20-21H,13-14H2,1-4H3,(H,25,27)/t20?,21-/m0/s1. The van der Waals surface area contributed by atoms with E-state index in [9.17, 15) is 9.59 Å². The number of benzene rings is 1. The highest BCUT2D eigenvalue weighted by Crippen LogP contribution is 2.19. The van der Waals surface area contributed by atoms with Crippen LogP contribution in [0.15, 0.2) is 48.5 Å². The maximum atomic E-state index is 12.9. The minimum atomic E-state index is -0.295. The van der Waals surface area contributed by atoms with Gasteiger partial charge >= 0.3 is 0 Å². The summed E-state index contributed by atoms with van der Waals surface area (Å²) in [4.78, 5) is 31.9. The summed E-state index contributed by atoms with van der Waals surface area (Å²) in [6.45, 7) is 8.52. The zero-order valence-electron chi connectivity index (χ0n) is 17.5. The van der Waals surface area contributed by atoms with Crippen molar-refractivity contribution in [1.82, 2.24) is 15.2 Å². The first-order valence-corrected chi connectivity index (χ1v) is 10.1. The number of nitrogens with one attached hydrogen (secondary N) is 1. The van der Waals surface area contributed by atoms with Crippen molar-refractivity contribution in [2.45, 2.75) is 58.3 Å². The number of ether oxygens (including phenoxy) is 1. The molecule has 1 fully saturated rings. The molecule has 2 aromatic rings. The van der Waals surface area contributed by atoms with Gasteiger partial charge in [-0.25, -0.2) is 4.98 Å². The molecule has 0 spiro atoms. The lowest BCUT2D eigenvalue weighted by molar-refractivity contribution is 0.0637. The molecular formula is C23H29N3O3. The first-order valence-electron chi connectivity index (χ1n) is 10.1. The molecule has 0 aliphatic carbocycles. The molecule has 1 saturated heterocycles. The lowest BCUT2D eigenvalue weighted by Crippen LogP contribution is -2.43. The molecule has 1 N–H and O–H groups in total. The number of pyridine rings is 1. The number of amides is 2. The number of rotatable bonds is 8. The Balaban J connectivity index is 1.73. The fraction of sp³-hybridized carbons (Fsp3) is 0.435. The minimum absolute atomic E-state index is 0.0151. The van der Waals surface area contributed by atoms with Gasteiger partial charge in [-0.2, -0.15) is 0 Å². The van der Waals surface area contributed by atoms with E-state index < -0.39 is 0 Å². The second-order valence-corrected chi connectivity index (χ2v) is 7.95.